The average Bonchev–Trinajstić information content (AvgIpc) is 3.95. The van der Waals surface area contributed by atoms with E-state index in [4.69, 9.17) is 21.1 Å². The third kappa shape index (κ3) is 9.04. The predicted molar refractivity (Wildman–Crippen MR) is 190 cm³/mol. The SMILES string of the molecule is COc1cnc(O[C@@H]2C[C@@H](C(=O)N[C@]3(C(=O)NS(=O)(=O)C4CC4)C[C@H]3CC(F)F)N(C(=O)[C@@H](NC(=O)O)C(C)(C)CC(C)(C)C)C2)c2cc(Cl)ccc12. The number of carboxylic acid groups (broad SMARTS) is 1. The molecule has 0 radical (unpaired) electrons. The first-order valence-corrected chi connectivity index (χ1v) is 19.2. The van der Waals surface area contributed by atoms with E-state index in [9.17, 15) is 41.5 Å². The van der Waals surface area contributed by atoms with Gasteiger partial charge in [-0.1, -0.05) is 46.2 Å². The molecule has 14 nitrogen and oxygen atoms in total. The van der Waals surface area contributed by atoms with Crippen molar-refractivity contribution in [3.63, 3.8) is 0 Å². The van der Waals surface area contributed by atoms with E-state index in [1.807, 2.05) is 25.5 Å². The van der Waals surface area contributed by atoms with Gasteiger partial charge < -0.3 is 30.1 Å². The van der Waals surface area contributed by atoms with Crippen LogP contribution in [0.3, 0.4) is 0 Å². The molecule has 4 amide bonds. The number of amides is 4. The zero-order valence-electron chi connectivity index (χ0n) is 30.4. The first-order chi connectivity index (χ1) is 24.6. The summed E-state index contributed by atoms with van der Waals surface area (Å²) in [5.41, 5.74) is -3.29. The summed E-state index contributed by atoms with van der Waals surface area (Å²) in [6.45, 7) is 9.03. The van der Waals surface area contributed by atoms with Crippen LogP contribution in [0.1, 0.15) is 73.1 Å². The normalized spacial score (nSPS) is 23.7. The molecule has 53 heavy (non-hydrogen) atoms. The lowest BCUT2D eigenvalue weighted by atomic mass is 9.71. The van der Waals surface area contributed by atoms with Crippen LogP contribution >= 0.6 is 11.6 Å². The van der Waals surface area contributed by atoms with E-state index in [1.165, 1.54) is 13.3 Å². The Balaban J connectivity index is 1.50. The Morgan fingerprint density at radius 3 is 2.40 bits per heavy atom. The van der Waals surface area contributed by atoms with Crippen molar-refractivity contribution in [2.24, 2.45) is 16.7 Å². The van der Waals surface area contributed by atoms with Crippen molar-refractivity contribution in [1.82, 2.24) is 25.2 Å². The number of methoxy groups -OCH3 is 1. The molecule has 292 valence electrons. The molecule has 1 aromatic heterocycles. The molecule has 1 aromatic carbocycles. The fourth-order valence-corrected chi connectivity index (χ4v) is 9.14. The van der Waals surface area contributed by atoms with Crippen LogP contribution < -0.4 is 24.8 Å². The van der Waals surface area contributed by atoms with Gasteiger partial charge in [-0.05, 0) is 60.6 Å². The van der Waals surface area contributed by atoms with Crippen molar-refractivity contribution in [2.75, 3.05) is 13.7 Å². The van der Waals surface area contributed by atoms with E-state index in [-0.39, 0.29) is 30.7 Å². The van der Waals surface area contributed by atoms with Crippen LogP contribution in [0.15, 0.2) is 24.4 Å². The van der Waals surface area contributed by atoms with Gasteiger partial charge in [-0.25, -0.2) is 27.0 Å². The van der Waals surface area contributed by atoms with Gasteiger partial charge in [0.05, 0.1) is 25.1 Å². The number of fused-ring (bicyclic) bond motifs is 1. The second-order valence-electron chi connectivity index (χ2n) is 16.1. The highest BCUT2D eigenvalue weighted by Crippen LogP contribution is 2.48. The highest BCUT2D eigenvalue weighted by Gasteiger charge is 2.63. The number of halogens is 3. The lowest BCUT2D eigenvalue weighted by Gasteiger charge is -2.40. The second-order valence-corrected chi connectivity index (χ2v) is 18.5. The molecule has 0 spiro atoms. The van der Waals surface area contributed by atoms with Gasteiger partial charge in [-0.2, -0.15) is 0 Å². The molecule has 2 aromatic rings. The number of alkyl halides is 2. The van der Waals surface area contributed by atoms with Gasteiger partial charge in [-0.15, -0.1) is 0 Å². The van der Waals surface area contributed by atoms with Crippen molar-refractivity contribution in [2.45, 2.75) is 109 Å². The highest BCUT2D eigenvalue weighted by atomic mass is 35.5. The Labute approximate surface area is 311 Å². The molecule has 5 atom stereocenters. The maximum atomic E-state index is 14.5. The zero-order chi connectivity index (χ0) is 39.3. The number of carbonyl (C=O) groups is 4. The lowest BCUT2D eigenvalue weighted by molar-refractivity contribution is -0.143. The molecule has 3 fully saturated rings. The Morgan fingerprint density at radius 1 is 1.13 bits per heavy atom. The zero-order valence-corrected chi connectivity index (χ0v) is 31.9. The quantitative estimate of drug-likeness (QED) is 0.212. The van der Waals surface area contributed by atoms with Crippen molar-refractivity contribution in [3.8, 4) is 11.6 Å². The van der Waals surface area contributed by atoms with Gasteiger partial charge >= 0.3 is 6.09 Å². The van der Waals surface area contributed by atoms with Gasteiger partial charge in [0, 0.05) is 28.6 Å². The first kappa shape index (κ1) is 40.2. The number of nitrogens with one attached hydrogen (secondary N) is 3. The van der Waals surface area contributed by atoms with E-state index < -0.39 is 87.0 Å². The summed E-state index contributed by atoms with van der Waals surface area (Å²) in [4.78, 5) is 59.8. The van der Waals surface area contributed by atoms with Crippen LogP contribution in [0.25, 0.3) is 10.8 Å². The second kappa shape index (κ2) is 14.7. The number of carbonyl (C=O) groups excluding carboxylic acids is 3. The minimum absolute atomic E-state index is 0.107. The van der Waals surface area contributed by atoms with Crippen LogP contribution in [0.5, 0.6) is 11.6 Å². The van der Waals surface area contributed by atoms with Gasteiger partial charge in [0.2, 0.25) is 34.1 Å². The van der Waals surface area contributed by atoms with Crippen LogP contribution in [0.4, 0.5) is 13.6 Å². The Bertz CT molecular complexity index is 1890. The Hall–Kier alpha value is -3.99. The minimum Gasteiger partial charge on any atom is -0.494 e. The smallest absolute Gasteiger partial charge is 0.405 e. The van der Waals surface area contributed by atoms with Gasteiger partial charge in [0.25, 0.3) is 5.91 Å². The number of likely N-dealkylation sites (tertiary alicyclic amines) is 1. The predicted octanol–water partition coefficient (Wildman–Crippen LogP) is 4.48. The van der Waals surface area contributed by atoms with E-state index >= 15 is 0 Å². The molecule has 4 N–H and O–H groups in total. The van der Waals surface area contributed by atoms with E-state index in [0.717, 1.165) is 4.90 Å². The fraction of sp³-hybridized carbons (Fsp3) is 0.629. The molecular formula is C35H46ClF2N5O9S. The molecule has 1 aliphatic heterocycles. The minimum atomic E-state index is -4.10. The maximum Gasteiger partial charge on any atom is 0.405 e. The highest BCUT2D eigenvalue weighted by molar-refractivity contribution is 7.91. The van der Waals surface area contributed by atoms with E-state index in [1.54, 1.807) is 32.0 Å². The molecule has 5 rings (SSSR count). The van der Waals surface area contributed by atoms with E-state index in [0.29, 0.717) is 40.8 Å². The third-order valence-corrected chi connectivity index (χ3v) is 12.0. The van der Waals surface area contributed by atoms with Gasteiger partial charge in [-0.3, -0.25) is 19.1 Å². The number of aromatic nitrogens is 1. The van der Waals surface area contributed by atoms with Crippen LogP contribution in [-0.4, -0.2) is 96.3 Å². The summed E-state index contributed by atoms with van der Waals surface area (Å²) in [6.07, 6.45) is -3.93. The molecule has 18 heteroatoms. The monoisotopic (exact) mass is 785 g/mol. The number of pyridine rings is 1. The maximum absolute atomic E-state index is 14.5. The number of sulfonamides is 1. The Kier molecular flexibility index (Phi) is 11.1. The summed E-state index contributed by atoms with van der Waals surface area (Å²) < 4.78 is 66.2. The largest absolute Gasteiger partial charge is 0.494 e. The topological polar surface area (TPSA) is 193 Å². The van der Waals surface area contributed by atoms with E-state index in [2.05, 4.69) is 15.6 Å². The van der Waals surface area contributed by atoms with Gasteiger partial charge in [0.1, 0.15) is 29.5 Å². The molecule has 3 aliphatic rings. The number of hydrogen-bond donors (Lipinski definition) is 4. The number of ether oxygens (including phenoxy) is 2. The molecule has 2 saturated carbocycles. The summed E-state index contributed by atoms with van der Waals surface area (Å²) in [7, 11) is -2.63. The number of hydrogen-bond acceptors (Lipinski definition) is 9. The third-order valence-electron chi connectivity index (χ3n) is 9.92. The summed E-state index contributed by atoms with van der Waals surface area (Å²) >= 11 is 6.29. The lowest BCUT2D eigenvalue weighted by Crippen LogP contribution is -2.60. The fourth-order valence-electron chi connectivity index (χ4n) is 7.61. The van der Waals surface area contributed by atoms with Crippen LogP contribution in [-0.2, 0) is 24.4 Å². The molecular weight excluding hydrogens is 740 g/mol. The van der Waals surface area contributed by atoms with Crippen molar-refractivity contribution >= 4 is 56.2 Å². The average molecular weight is 786 g/mol. The molecule has 2 heterocycles. The summed E-state index contributed by atoms with van der Waals surface area (Å²) in [6, 6.07) is 2.25. The summed E-state index contributed by atoms with van der Waals surface area (Å²) in [5, 5.41) is 15.4. The number of rotatable bonds is 14. The molecule has 1 saturated heterocycles. The first-order valence-electron chi connectivity index (χ1n) is 17.3. The van der Waals surface area contributed by atoms with Crippen LogP contribution in [0.2, 0.25) is 5.02 Å². The molecule has 2 aliphatic carbocycles. The molecule has 0 bridgehead atoms. The van der Waals surface area contributed by atoms with Crippen LogP contribution in [0, 0.1) is 16.7 Å². The molecule has 0 unspecified atom stereocenters. The number of nitrogens with zero attached hydrogens (tertiary/aromatic N) is 2. The standard InChI is InChI=1S/C35H46ClF2N5O9S/c1-33(2,3)17-34(4,5)27(40-32(47)48)30(45)43-16-20(52-29-23-12-19(36)7-10-22(23)25(51-6)15-39-29)13-24(43)28(44)41-35(14-18(35)11-26(37)38)31(46)42-53(49,50)21-8-9-21/h7,10,12,15,18,20-21,24,26-27,40H,8-9,11,13-14,16-17H2,1-6H3,(H,41,44)(H,42,46)(H,47,48)/t18-,20-,24+,27-,35-/m1/s1. The Morgan fingerprint density at radius 2 is 1.81 bits per heavy atom. The van der Waals surface area contributed by atoms with Crippen molar-refractivity contribution in [1.29, 1.82) is 0 Å². The van der Waals surface area contributed by atoms with Gasteiger partial charge in [0.15, 0.2) is 0 Å². The van der Waals surface area contributed by atoms with Crippen molar-refractivity contribution < 1.29 is 51.0 Å². The van der Waals surface area contributed by atoms with Crippen molar-refractivity contribution in [3.05, 3.63) is 29.4 Å². The summed E-state index contributed by atoms with van der Waals surface area (Å²) in [5.74, 6) is -3.34. The number of benzene rings is 1.